The Morgan fingerprint density at radius 1 is 1.08 bits per heavy atom. The molecule has 0 bridgehead atoms. The predicted molar refractivity (Wildman–Crippen MR) is 78.0 cm³/mol. The van der Waals surface area contributed by atoms with Crippen LogP contribution < -0.4 is 16.0 Å². The maximum absolute atomic E-state index is 12.0. The minimum absolute atomic E-state index is 0.0295. The summed E-state index contributed by atoms with van der Waals surface area (Å²) in [5, 5.41) is 6.23. The third-order valence-corrected chi connectivity index (χ3v) is 2.60. The van der Waals surface area contributed by atoms with Crippen LogP contribution in [0.3, 0.4) is 0 Å². The number of nitrogens with one attached hydrogen (secondary N) is 3. The summed E-state index contributed by atoms with van der Waals surface area (Å²) in [6.07, 6.45) is -5.60. The molecule has 0 aliphatic carbocycles. The maximum Gasteiger partial charge on any atom is 0.471 e. The Balaban J connectivity index is 2.42. The molecule has 0 aliphatic rings. The van der Waals surface area contributed by atoms with Gasteiger partial charge in [0.15, 0.2) is 0 Å². The molecule has 1 aromatic rings. The van der Waals surface area contributed by atoms with E-state index in [1.807, 2.05) is 0 Å². The summed E-state index contributed by atoms with van der Waals surface area (Å²) in [6, 6.07) is 6.12. The van der Waals surface area contributed by atoms with E-state index >= 15 is 0 Å². The van der Waals surface area contributed by atoms with Crippen molar-refractivity contribution in [2.45, 2.75) is 19.7 Å². The number of benzene rings is 1. The van der Waals surface area contributed by atoms with Crippen molar-refractivity contribution in [3.05, 3.63) is 29.8 Å². The number of carbonyl (C=O) groups excluding carboxylic acids is 3. The molecule has 0 aromatic heterocycles. The summed E-state index contributed by atoms with van der Waals surface area (Å²) in [7, 11) is 0. The summed E-state index contributed by atoms with van der Waals surface area (Å²) >= 11 is 0. The minimum Gasteiger partial charge on any atom is -0.445 e. The number of hydrogen-bond acceptors (Lipinski definition) is 4. The van der Waals surface area contributed by atoms with Gasteiger partial charge in [-0.1, -0.05) is 12.1 Å². The second kappa shape index (κ2) is 8.75. The van der Waals surface area contributed by atoms with Crippen molar-refractivity contribution < 1.29 is 32.3 Å². The molecule has 1 rings (SSSR count). The summed E-state index contributed by atoms with van der Waals surface area (Å²) in [4.78, 5) is 33.1. The van der Waals surface area contributed by atoms with Crippen LogP contribution in [0.2, 0.25) is 0 Å². The molecule has 0 spiro atoms. The molecule has 0 saturated heterocycles. The molecule has 132 valence electrons. The van der Waals surface area contributed by atoms with Gasteiger partial charge in [-0.3, -0.25) is 9.59 Å². The zero-order valence-electron chi connectivity index (χ0n) is 12.7. The van der Waals surface area contributed by atoms with Gasteiger partial charge in [0.2, 0.25) is 5.91 Å². The Hall–Kier alpha value is -2.78. The normalized spacial score (nSPS) is 10.7. The molecular weight excluding hydrogens is 331 g/mol. The van der Waals surface area contributed by atoms with Gasteiger partial charge in [0.05, 0.1) is 6.54 Å². The van der Waals surface area contributed by atoms with Crippen molar-refractivity contribution in [2.24, 2.45) is 0 Å². The molecule has 10 heteroatoms. The summed E-state index contributed by atoms with van der Waals surface area (Å²) in [5.74, 6) is -2.99. The van der Waals surface area contributed by atoms with E-state index in [0.717, 1.165) is 0 Å². The van der Waals surface area contributed by atoms with Gasteiger partial charge in [0.1, 0.15) is 6.61 Å². The topological polar surface area (TPSA) is 96.5 Å². The molecule has 0 aliphatic heterocycles. The highest BCUT2D eigenvalue weighted by molar-refractivity contribution is 5.95. The molecule has 0 radical (unpaired) electrons. The molecule has 7 nitrogen and oxygen atoms in total. The van der Waals surface area contributed by atoms with Crippen LogP contribution in [-0.2, 0) is 20.9 Å². The molecule has 3 amide bonds. The number of halogens is 3. The lowest BCUT2D eigenvalue weighted by Crippen LogP contribution is -2.41. The predicted octanol–water partition coefficient (Wildman–Crippen LogP) is 1.55. The quantitative estimate of drug-likeness (QED) is 0.727. The van der Waals surface area contributed by atoms with E-state index in [1.54, 1.807) is 19.1 Å². The Morgan fingerprint density at radius 3 is 2.25 bits per heavy atom. The first-order valence-electron chi connectivity index (χ1n) is 6.86. The van der Waals surface area contributed by atoms with Crippen molar-refractivity contribution in [1.82, 2.24) is 10.6 Å². The maximum atomic E-state index is 12.0. The molecule has 3 N–H and O–H groups in total. The zero-order chi connectivity index (χ0) is 18.2. The van der Waals surface area contributed by atoms with Crippen LogP contribution in [0.1, 0.15) is 12.5 Å². The van der Waals surface area contributed by atoms with Gasteiger partial charge < -0.3 is 20.7 Å². The number of carbonyl (C=O) groups is 3. The first kappa shape index (κ1) is 19.3. The Kier molecular flexibility index (Phi) is 7.02. The van der Waals surface area contributed by atoms with E-state index < -0.39 is 30.6 Å². The fourth-order valence-corrected chi connectivity index (χ4v) is 1.49. The lowest BCUT2D eigenvalue weighted by atomic mass is 10.2. The smallest absolute Gasteiger partial charge is 0.445 e. The first-order valence-corrected chi connectivity index (χ1v) is 6.86. The van der Waals surface area contributed by atoms with Crippen molar-refractivity contribution in [3.63, 3.8) is 0 Å². The van der Waals surface area contributed by atoms with E-state index in [-0.39, 0.29) is 6.61 Å². The summed E-state index contributed by atoms with van der Waals surface area (Å²) in [5.41, 5.74) is 0.979. The number of anilines is 1. The molecule has 24 heavy (non-hydrogen) atoms. The van der Waals surface area contributed by atoms with Crippen LogP contribution in [0.15, 0.2) is 24.3 Å². The largest absolute Gasteiger partial charge is 0.471 e. The molecule has 0 unspecified atom stereocenters. The molecule has 0 fully saturated rings. The van der Waals surface area contributed by atoms with Crippen LogP contribution >= 0.6 is 0 Å². The van der Waals surface area contributed by atoms with E-state index in [2.05, 4.69) is 10.6 Å². The SMILES string of the molecule is CCNC(=O)OCc1ccc(NC(=O)CNC(=O)C(F)(F)F)cc1. The number of ether oxygens (including phenoxy) is 1. The summed E-state index contributed by atoms with van der Waals surface area (Å²) in [6.45, 7) is 1.41. The molecule has 0 heterocycles. The second-order valence-corrected chi connectivity index (χ2v) is 4.53. The third kappa shape index (κ3) is 6.99. The standard InChI is InChI=1S/C14H16F3N3O4/c1-2-18-13(23)24-8-9-3-5-10(6-4-9)20-11(21)7-19-12(22)14(15,16)17/h3-6H,2,7-8H2,1H3,(H,18,23)(H,19,22)(H,20,21). The number of alkyl halides is 3. The van der Waals surface area contributed by atoms with E-state index in [9.17, 15) is 27.6 Å². The van der Waals surface area contributed by atoms with Crippen LogP contribution in [0, 0.1) is 0 Å². The van der Waals surface area contributed by atoms with E-state index in [1.165, 1.54) is 17.4 Å². The Morgan fingerprint density at radius 2 is 1.71 bits per heavy atom. The molecular formula is C14H16F3N3O4. The average molecular weight is 347 g/mol. The zero-order valence-corrected chi connectivity index (χ0v) is 12.7. The fourth-order valence-electron chi connectivity index (χ4n) is 1.49. The molecule has 0 saturated carbocycles. The molecule has 1 aromatic carbocycles. The third-order valence-electron chi connectivity index (χ3n) is 2.60. The fraction of sp³-hybridized carbons (Fsp3) is 0.357. The number of hydrogen-bond donors (Lipinski definition) is 3. The highest BCUT2D eigenvalue weighted by Crippen LogP contribution is 2.14. The van der Waals surface area contributed by atoms with Crippen LogP contribution in [0.25, 0.3) is 0 Å². The van der Waals surface area contributed by atoms with Crippen LogP contribution in [0.5, 0.6) is 0 Å². The second-order valence-electron chi connectivity index (χ2n) is 4.53. The highest BCUT2D eigenvalue weighted by atomic mass is 19.4. The monoisotopic (exact) mass is 347 g/mol. The van der Waals surface area contributed by atoms with E-state index in [4.69, 9.17) is 4.74 Å². The van der Waals surface area contributed by atoms with Crippen molar-refractivity contribution in [3.8, 4) is 0 Å². The van der Waals surface area contributed by atoms with Crippen LogP contribution in [0.4, 0.5) is 23.7 Å². The van der Waals surface area contributed by atoms with Crippen LogP contribution in [-0.4, -0.2) is 37.2 Å². The minimum atomic E-state index is -5.04. The van der Waals surface area contributed by atoms with Gasteiger partial charge in [-0.05, 0) is 24.6 Å². The van der Waals surface area contributed by atoms with Gasteiger partial charge in [-0.2, -0.15) is 13.2 Å². The number of alkyl carbamates (subject to hydrolysis) is 1. The number of rotatable bonds is 6. The van der Waals surface area contributed by atoms with Crippen molar-refractivity contribution in [2.75, 3.05) is 18.4 Å². The first-order chi connectivity index (χ1) is 11.2. The van der Waals surface area contributed by atoms with Gasteiger partial charge >= 0.3 is 18.2 Å². The summed E-state index contributed by atoms with van der Waals surface area (Å²) < 4.78 is 40.8. The molecule has 0 atom stereocenters. The van der Waals surface area contributed by atoms with Crippen molar-refractivity contribution in [1.29, 1.82) is 0 Å². The van der Waals surface area contributed by atoms with Crippen molar-refractivity contribution >= 4 is 23.6 Å². The van der Waals surface area contributed by atoms with Gasteiger partial charge in [0, 0.05) is 12.2 Å². The van der Waals surface area contributed by atoms with E-state index in [0.29, 0.717) is 17.8 Å². The van der Waals surface area contributed by atoms with Gasteiger partial charge in [-0.25, -0.2) is 4.79 Å². The Bertz CT molecular complexity index is 588. The lowest BCUT2D eigenvalue weighted by molar-refractivity contribution is -0.173. The highest BCUT2D eigenvalue weighted by Gasteiger charge is 2.38. The average Bonchev–Trinajstić information content (AvgIpc) is 2.51. The van der Waals surface area contributed by atoms with Gasteiger partial charge in [-0.15, -0.1) is 0 Å². The van der Waals surface area contributed by atoms with Gasteiger partial charge in [0.25, 0.3) is 0 Å². The lowest BCUT2D eigenvalue weighted by Gasteiger charge is -2.09. The number of amides is 3. The Labute approximate surface area is 135 Å².